The van der Waals surface area contributed by atoms with Crippen molar-refractivity contribution in [3.05, 3.63) is 72.1 Å². The van der Waals surface area contributed by atoms with Crippen molar-refractivity contribution >= 4 is 39.1 Å². The minimum atomic E-state index is -5.65. The van der Waals surface area contributed by atoms with Gasteiger partial charge in [-0.2, -0.15) is 8.78 Å². The van der Waals surface area contributed by atoms with E-state index in [4.69, 9.17) is 14.2 Å². The van der Waals surface area contributed by atoms with Crippen LogP contribution in [-0.4, -0.2) is 95.4 Å². The van der Waals surface area contributed by atoms with Gasteiger partial charge in [-0.3, -0.25) is 28.5 Å². The summed E-state index contributed by atoms with van der Waals surface area (Å²) in [6, 6.07) is 7.28. The molecule has 2 amide bonds. The SMILES string of the molecule is CCOC(=O)CCCCCCN1C(=O)CC[C@@H]1/C=C/[C@@H](OC(=O)Cc1ccc(OC(=O)NCCCC(O)(P(=O)(O)O)P(=O)(O)O)cc1)C(F)(F)c1cccnc1. The lowest BCUT2D eigenvalue weighted by Gasteiger charge is -2.29. The molecule has 1 aromatic carbocycles. The van der Waals surface area contributed by atoms with Gasteiger partial charge in [0.1, 0.15) is 5.75 Å². The third-order valence-corrected chi connectivity index (χ3v) is 12.6. The van der Waals surface area contributed by atoms with Gasteiger partial charge in [-0.05, 0) is 68.5 Å². The number of rotatable bonds is 22. The Balaban J connectivity index is 1.59. The molecule has 310 valence electrons. The van der Waals surface area contributed by atoms with Crippen LogP contribution in [0.15, 0.2) is 60.9 Å². The maximum atomic E-state index is 15.8. The number of likely N-dealkylation sites (tertiary alicyclic amines) is 1. The van der Waals surface area contributed by atoms with Crippen molar-refractivity contribution in [1.82, 2.24) is 15.2 Å². The van der Waals surface area contributed by atoms with Gasteiger partial charge in [0.15, 0.2) is 6.10 Å². The second kappa shape index (κ2) is 20.9. The van der Waals surface area contributed by atoms with E-state index < -0.39 is 75.2 Å². The van der Waals surface area contributed by atoms with E-state index in [-0.39, 0.29) is 30.6 Å². The number of aliphatic hydroxyl groups is 1. The lowest BCUT2D eigenvalue weighted by atomic mass is 10.0. The van der Waals surface area contributed by atoms with Crippen LogP contribution in [0.3, 0.4) is 0 Å². The summed E-state index contributed by atoms with van der Waals surface area (Å²) in [6.07, 6.45) is 3.46. The molecule has 3 rings (SSSR count). The highest BCUT2D eigenvalue weighted by molar-refractivity contribution is 7.72. The smallest absolute Gasteiger partial charge is 0.412 e. The maximum absolute atomic E-state index is 15.8. The Morgan fingerprint density at radius 2 is 1.70 bits per heavy atom. The number of alkyl halides is 2. The summed E-state index contributed by atoms with van der Waals surface area (Å²) < 4.78 is 69.8. The van der Waals surface area contributed by atoms with E-state index in [2.05, 4.69) is 10.3 Å². The predicted molar refractivity (Wildman–Crippen MR) is 194 cm³/mol. The van der Waals surface area contributed by atoms with E-state index in [9.17, 15) is 53.0 Å². The molecule has 2 aromatic rings. The van der Waals surface area contributed by atoms with Crippen molar-refractivity contribution in [2.75, 3.05) is 19.7 Å². The molecule has 1 aliphatic heterocycles. The van der Waals surface area contributed by atoms with E-state index in [1.807, 2.05) is 0 Å². The first-order valence-corrected chi connectivity index (χ1v) is 21.0. The third kappa shape index (κ3) is 13.5. The summed E-state index contributed by atoms with van der Waals surface area (Å²) in [6.45, 7) is 2.05. The molecule has 17 nitrogen and oxygen atoms in total. The number of carbonyl (C=O) groups excluding carboxylic acids is 4. The molecule has 21 heteroatoms. The largest absolute Gasteiger partial charge is 0.466 e. The van der Waals surface area contributed by atoms with Gasteiger partial charge in [0, 0.05) is 50.3 Å². The standard InChI is InChI=1S/C35H47F2N3O14P2/c1-2-52-31(42)10-5-3-4-6-22-40-27(14-18-30(40)41)13-17-29(35(36,37)26-9-7-20-38-24-26)54-32(43)23-25-11-15-28(16-12-25)53-33(44)39-21-8-19-34(45,55(46,47)48)56(49,50)51/h7,9,11-13,15-17,20,24,27,29,45H,2-6,8,10,14,18-19,21-23H2,1H3,(H,39,44)(H2,46,47,48)(H2,49,50,51)/b17-13+/t27-,29+/m0/s1. The molecule has 0 unspecified atom stereocenters. The predicted octanol–water partition coefficient (Wildman–Crippen LogP) is 4.26. The molecular formula is C35H47F2N3O14P2. The average molecular weight is 834 g/mol. The number of ether oxygens (including phenoxy) is 3. The van der Waals surface area contributed by atoms with Crippen LogP contribution in [0, 0.1) is 0 Å². The van der Waals surface area contributed by atoms with E-state index in [1.165, 1.54) is 42.6 Å². The molecular weight excluding hydrogens is 786 g/mol. The fourth-order valence-electron chi connectivity index (χ4n) is 5.72. The molecule has 2 atom stereocenters. The Labute approximate surface area is 321 Å². The molecule has 56 heavy (non-hydrogen) atoms. The van der Waals surface area contributed by atoms with Gasteiger partial charge in [0.05, 0.1) is 19.1 Å². The number of unbranched alkanes of at least 4 members (excludes halogenated alkanes) is 3. The van der Waals surface area contributed by atoms with Gasteiger partial charge in [0.25, 0.3) is 5.08 Å². The van der Waals surface area contributed by atoms with Crippen molar-refractivity contribution in [3.8, 4) is 5.75 Å². The Bertz CT molecular complexity index is 1730. The Kier molecular flexibility index (Phi) is 17.3. The maximum Gasteiger partial charge on any atom is 0.412 e. The van der Waals surface area contributed by atoms with Crippen LogP contribution in [0.4, 0.5) is 13.6 Å². The molecule has 1 aromatic heterocycles. The zero-order chi connectivity index (χ0) is 41.6. The van der Waals surface area contributed by atoms with Crippen LogP contribution in [0.5, 0.6) is 5.75 Å². The number of hydrogen-bond acceptors (Lipinski definition) is 11. The number of hydrogen-bond donors (Lipinski definition) is 6. The van der Waals surface area contributed by atoms with E-state index in [1.54, 1.807) is 11.8 Å². The molecule has 1 aliphatic rings. The Morgan fingerprint density at radius 1 is 1.02 bits per heavy atom. The normalized spacial score (nSPS) is 15.8. The quantitative estimate of drug-likeness (QED) is 0.0419. The van der Waals surface area contributed by atoms with Crippen molar-refractivity contribution in [2.24, 2.45) is 0 Å². The number of carbonyl (C=O) groups is 4. The van der Waals surface area contributed by atoms with Gasteiger partial charge in [-0.15, -0.1) is 0 Å². The van der Waals surface area contributed by atoms with E-state index in [0.29, 0.717) is 44.4 Å². The molecule has 0 bridgehead atoms. The second-order valence-corrected chi connectivity index (χ2v) is 16.9. The lowest BCUT2D eigenvalue weighted by molar-refractivity contribution is -0.167. The third-order valence-electron chi connectivity index (χ3n) is 8.75. The van der Waals surface area contributed by atoms with Crippen molar-refractivity contribution in [2.45, 2.75) is 94.3 Å². The van der Waals surface area contributed by atoms with Gasteiger partial charge >= 0.3 is 39.1 Å². The molecule has 0 aliphatic carbocycles. The topological polar surface area (TPSA) is 259 Å². The molecule has 1 fully saturated rings. The highest BCUT2D eigenvalue weighted by Crippen LogP contribution is 2.69. The minimum Gasteiger partial charge on any atom is -0.466 e. The van der Waals surface area contributed by atoms with Gasteiger partial charge in [0.2, 0.25) is 5.91 Å². The summed E-state index contributed by atoms with van der Waals surface area (Å²) in [5.74, 6) is -5.14. The van der Waals surface area contributed by atoms with Gasteiger partial charge < -0.3 is 49.1 Å². The first-order valence-electron chi connectivity index (χ1n) is 17.8. The van der Waals surface area contributed by atoms with Gasteiger partial charge in [-0.25, -0.2) is 4.79 Å². The number of nitrogens with zero attached hydrogens (tertiary/aromatic N) is 2. The van der Waals surface area contributed by atoms with Crippen molar-refractivity contribution < 1.29 is 76.0 Å². The average Bonchev–Trinajstić information content (AvgIpc) is 3.48. The van der Waals surface area contributed by atoms with Crippen molar-refractivity contribution in [3.63, 3.8) is 0 Å². The molecule has 0 saturated carbocycles. The van der Waals surface area contributed by atoms with Crippen LogP contribution in [0.1, 0.15) is 75.8 Å². The van der Waals surface area contributed by atoms with Crippen LogP contribution in [-0.2, 0) is 45.3 Å². The molecule has 6 N–H and O–H groups in total. The number of nitrogens with one attached hydrogen (secondary N) is 1. The number of benzene rings is 1. The zero-order valence-corrected chi connectivity index (χ0v) is 32.4. The van der Waals surface area contributed by atoms with Crippen molar-refractivity contribution in [1.29, 1.82) is 0 Å². The first kappa shape index (κ1) is 46.3. The highest BCUT2D eigenvalue weighted by Gasteiger charge is 2.58. The summed E-state index contributed by atoms with van der Waals surface area (Å²) in [5, 5.41) is 8.47. The molecule has 0 spiro atoms. The fraction of sp³-hybridized carbons (Fsp3) is 0.514. The van der Waals surface area contributed by atoms with Crippen LogP contribution < -0.4 is 10.1 Å². The number of pyridine rings is 1. The summed E-state index contributed by atoms with van der Waals surface area (Å²) in [5.41, 5.74) is -0.192. The number of halogens is 2. The summed E-state index contributed by atoms with van der Waals surface area (Å²) in [4.78, 5) is 91.5. The van der Waals surface area contributed by atoms with Gasteiger partial charge in [-0.1, -0.05) is 31.1 Å². The number of amides is 2. The fourth-order valence-corrected chi connectivity index (χ4v) is 7.97. The lowest BCUT2D eigenvalue weighted by Crippen LogP contribution is -2.36. The number of aromatic nitrogens is 1. The second-order valence-electron chi connectivity index (χ2n) is 12.9. The molecule has 1 saturated heterocycles. The number of esters is 2. The summed E-state index contributed by atoms with van der Waals surface area (Å²) >= 11 is 0. The Morgan fingerprint density at radius 3 is 2.32 bits per heavy atom. The van der Waals surface area contributed by atoms with Crippen LogP contribution >= 0.6 is 15.2 Å². The molecule has 2 heterocycles. The van der Waals surface area contributed by atoms with Crippen LogP contribution in [0.2, 0.25) is 0 Å². The van der Waals surface area contributed by atoms with Crippen LogP contribution in [0.25, 0.3) is 0 Å². The van der Waals surface area contributed by atoms with E-state index in [0.717, 1.165) is 31.2 Å². The molecule has 0 radical (unpaired) electrons. The van der Waals surface area contributed by atoms with E-state index >= 15 is 8.78 Å². The minimum absolute atomic E-state index is 0.0298. The Hall–Kier alpha value is -4.09. The monoisotopic (exact) mass is 833 g/mol. The highest BCUT2D eigenvalue weighted by atomic mass is 31.2. The zero-order valence-electron chi connectivity index (χ0n) is 30.6. The first-order chi connectivity index (χ1) is 26.3. The summed E-state index contributed by atoms with van der Waals surface area (Å²) in [7, 11) is -11.3.